The van der Waals surface area contributed by atoms with Crippen molar-refractivity contribution in [3.63, 3.8) is 0 Å². The van der Waals surface area contributed by atoms with E-state index in [2.05, 4.69) is 9.97 Å². The molecule has 1 saturated heterocycles. The Hall–Kier alpha value is -2.31. The summed E-state index contributed by atoms with van der Waals surface area (Å²) in [4.78, 5) is 19.1. The molecule has 0 amide bonds. The molecule has 0 saturated carbocycles. The summed E-state index contributed by atoms with van der Waals surface area (Å²) in [7, 11) is 0. The third kappa shape index (κ3) is 2.98. The molecular weight excluding hydrogens is 284 g/mol. The molecule has 1 aromatic heterocycles. The Bertz CT molecular complexity index is 651. The van der Waals surface area contributed by atoms with E-state index in [1.807, 2.05) is 0 Å². The van der Waals surface area contributed by atoms with Crippen LogP contribution in [0, 0.1) is 0 Å². The number of hydrogen-bond acceptors (Lipinski definition) is 6. The summed E-state index contributed by atoms with van der Waals surface area (Å²) in [6.45, 7) is 0.946. The fourth-order valence-corrected chi connectivity index (χ4v) is 2.39. The van der Waals surface area contributed by atoms with Gasteiger partial charge in [-0.3, -0.25) is 9.78 Å². The minimum atomic E-state index is -1.09. The van der Waals surface area contributed by atoms with Crippen molar-refractivity contribution in [3.05, 3.63) is 47.9 Å². The van der Waals surface area contributed by atoms with Crippen LogP contribution in [0.25, 0.3) is 0 Å². The molecule has 2 heterocycles. The molecule has 1 aromatic carbocycles. The first-order chi connectivity index (χ1) is 10.7. The molecule has 3 rings (SSSR count). The molecule has 6 nitrogen and oxygen atoms in total. The Morgan fingerprint density at radius 1 is 1.14 bits per heavy atom. The highest BCUT2D eigenvalue weighted by atomic mass is 16.5. The number of hydrogen-bond donors (Lipinski definition) is 1. The highest BCUT2D eigenvalue weighted by Crippen LogP contribution is 2.36. The van der Waals surface area contributed by atoms with E-state index < -0.39 is 5.60 Å². The minimum Gasteiger partial charge on any atom is -0.437 e. The third-order valence-corrected chi connectivity index (χ3v) is 3.66. The van der Waals surface area contributed by atoms with Crippen LogP contribution in [0.2, 0.25) is 0 Å². The molecule has 6 heteroatoms. The second-order valence-corrected chi connectivity index (χ2v) is 5.14. The van der Waals surface area contributed by atoms with Crippen LogP contribution in [0.3, 0.4) is 0 Å². The monoisotopic (exact) mass is 300 g/mol. The predicted molar refractivity (Wildman–Crippen MR) is 77.9 cm³/mol. The number of aromatic nitrogens is 2. The van der Waals surface area contributed by atoms with Gasteiger partial charge in [-0.1, -0.05) is 0 Å². The summed E-state index contributed by atoms with van der Waals surface area (Å²) in [5, 5.41) is 10.8. The molecule has 1 aliphatic heterocycles. The number of benzene rings is 1. The maximum absolute atomic E-state index is 10.8. The highest BCUT2D eigenvalue weighted by molar-refractivity contribution is 5.74. The Kier molecular flexibility index (Phi) is 4.13. The molecule has 1 N–H and O–H groups in total. The van der Waals surface area contributed by atoms with Gasteiger partial charge in [-0.25, -0.2) is 4.98 Å². The van der Waals surface area contributed by atoms with Crippen molar-refractivity contribution < 1.29 is 19.4 Å². The molecular formula is C16H16N2O4. The first-order valence-electron chi connectivity index (χ1n) is 7.06. The third-order valence-electron chi connectivity index (χ3n) is 3.66. The number of aldehydes is 1. The summed E-state index contributed by atoms with van der Waals surface area (Å²) in [6.07, 6.45) is 4.72. The molecule has 22 heavy (non-hydrogen) atoms. The van der Waals surface area contributed by atoms with Gasteiger partial charge in [0.05, 0.1) is 0 Å². The van der Waals surface area contributed by atoms with Crippen molar-refractivity contribution in [2.24, 2.45) is 0 Å². The lowest BCUT2D eigenvalue weighted by Crippen LogP contribution is -2.34. The standard InChI is InChI=1S/C16H16N2O4/c19-11-12-1-3-13(4-2-12)22-15-14(17-7-8-18-15)16(20)5-9-21-10-6-16/h1-4,7-8,11,20H,5-6,9-10H2. The fourth-order valence-electron chi connectivity index (χ4n) is 2.39. The van der Waals surface area contributed by atoms with E-state index in [4.69, 9.17) is 9.47 Å². The number of carbonyl (C=O) groups is 1. The van der Waals surface area contributed by atoms with Crippen LogP contribution in [-0.4, -0.2) is 34.6 Å². The lowest BCUT2D eigenvalue weighted by atomic mass is 9.90. The van der Waals surface area contributed by atoms with Crippen LogP contribution in [0.1, 0.15) is 28.9 Å². The van der Waals surface area contributed by atoms with E-state index in [1.54, 1.807) is 24.3 Å². The molecule has 0 unspecified atom stereocenters. The number of ether oxygens (including phenoxy) is 2. The first-order valence-corrected chi connectivity index (χ1v) is 7.06. The largest absolute Gasteiger partial charge is 0.437 e. The van der Waals surface area contributed by atoms with Gasteiger partial charge in [-0.15, -0.1) is 0 Å². The Morgan fingerprint density at radius 2 is 1.82 bits per heavy atom. The van der Waals surface area contributed by atoms with Gasteiger partial charge in [0.15, 0.2) is 0 Å². The zero-order valence-corrected chi connectivity index (χ0v) is 11.9. The zero-order valence-electron chi connectivity index (χ0n) is 11.9. The fraction of sp³-hybridized carbons (Fsp3) is 0.312. The molecule has 2 aromatic rings. The van der Waals surface area contributed by atoms with Crippen molar-refractivity contribution in [1.82, 2.24) is 9.97 Å². The molecule has 0 radical (unpaired) electrons. The number of nitrogens with zero attached hydrogens (tertiary/aromatic N) is 2. The average Bonchev–Trinajstić information content (AvgIpc) is 2.57. The van der Waals surface area contributed by atoms with Gasteiger partial charge >= 0.3 is 0 Å². The molecule has 1 fully saturated rings. The van der Waals surface area contributed by atoms with Crippen molar-refractivity contribution in [1.29, 1.82) is 0 Å². The van der Waals surface area contributed by atoms with Gasteiger partial charge in [0.25, 0.3) is 0 Å². The van der Waals surface area contributed by atoms with Crippen LogP contribution in [-0.2, 0) is 10.3 Å². The van der Waals surface area contributed by atoms with Crippen molar-refractivity contribution in [2.75, 3.05) is 13.2 Å². The molecule has 114 valence electrons. The number of rotatable bonds is 4. The second kappa shape index (κ2) is 6.21. The number of aliphatic hydroxyl groups is 1. The molecule has 0 atom stereocenters. The summed E-state index contributed by atoms with van der Waals surface area (Å²) in [6, 6.07) is 6.66. The first kappa shape index (κ1) is 14.6. The lowest BCUT2D eigenvalue weighted by molar-refractivity contribution is -0.0717. The summed E-state index contributed by atoms with van der Waals surface area (Å²) >= 11 is 0. The van der Waals surface area contributed by atoms with Gasteiger partial charge in [0, 0.05) is 44.0 Å². The van der Waals surface area contributed by atoms with Crippen molar-refractivity contribution in [3.8, 4) is 11.6 Å². The molecule has 0 aliphatic carbocycles. The van der Waals surface area contributed by atoms with Crippen LogP contribution in [0.15, 0.2) is 36.7 Å². The molecule has 1 aliphatic rings. The SMILES string of the molecule is O=Cc1ccc(Oc2nccnc2C2(O)CCOCC2)cc1. The maximum Gasteiger partial charge on any atom is 0.244 e. The van der Waals surface area contributed by atoms with Crippen LogP contribution >= 0.6 is 0 Å². The van der Waals surface area contributed by atoms with Crippen LogP contribution in [0.5, 0.6) is 11.6 Å². The predicted octanol–water partition coefficient (Wildman–Crippen LogP) is 2.08. The van der Waals surface area contributed by atoms with E-state index in [1.165, 1.54) is 12.4 Å². The van der Waals surface area contributed by atoms with Crippen LogP contribution in [0.4, 0.5) is 0 Å². The van der Waals surface area contributed by atoms with E-state index in [0.717, 1.165) is 6.29 Å². The second-order valence-electron chi connectivity index (χ2n) is 5.14. The summed E-state index contributed by atoms with van der Waals surface area (Å²) in [5.41, 5.74) is -0.113. The van der Waals surface area contributed by atoms with Crippen molar-refractivity contribution in [2.45, 2.75) is 18.4 Å². The average molecular weight is 300 g/mol. The smallest absolute Gasteiger partial charge is 0.244 e. The van der Waals surface area contributed by atoms with Crippen molar-refractivity contribution >= 4 is 6.29 Å². The molecule has 0 spiro atoms. The van der Waals surface area contributed by atoms with Gasteiger partial charge < -0.3 is 14.6 Å². The van der Waals surface area contributed by atoms with Gasteiger partial charge in [0.1, 0.15) is 23.3 Å². The number of carbonyl (C=O) groups excluding carboxylic acids is 1. The lowest BCUT2D eigenvalue weighted by Gasteiger charge is -2.31. The normalized spacial score (nSPS) is 17.0. The summed E-state index contributed by atoms with van der Waals surface area (Å²) in [5.74, 6) is 0.800. The van der Waals surface area contributed by atoms with Gasteiger partial charge in [-0.05, 0) is 24.3 Å². The van der Waals surface area contributed by atoms with Gasteiger partial charge in [-0.2, -0.15) is 0 Å². The Balaban J connectivity index is 1.88. The van der Waals surface area contributed by atoms with Crippen LogP contribution < -0.4 is 4.74 Å². The summed E-state index contributed by atoms with van der Waals surface area (Å²) < 4.78 is 11.0. The van der Waals surface area contributed by atoms with Gasteiger partial charge in [0.2, 0.25) is 5.88 Å². The zero-order chi connectivity index (χ0) is 15.4. The van der Waals surface area contributed by atoms with E-state index >= 15 is 0 Å². The maximum atomic E-state index is 10.8. The van der Waals surface area contributed by atoms with E-state index in [0.29, 0.717) is 43.1 Å². The Morgan fingerprint density at radius 3 is 2.50 bits per heavy atom. The topological polar surface area (TPSA) is 81.5 Å². The van der Waals surface area contributed by atoms with E-state index in [9.17, 15) is 9.90 Å². The Labute approximate surface area is 127 Å². The minimum absolute atomic E-state index is 0.269. The van der Waals surface area contributed by atoms with E-state index in [-0.39, 0.29) is 5.88 Å². The highest BCUT2D eigenvalue weighted by Gasteiger charge is 2.36. The quantitative estimate of drug-likeness (QED) is 0.871. The molecule has 0 bridgehead atoms.